The number of fused-ring (bicyclic) bond motifs is 3. The van der Waals surface area contributed by atoms with Gasteiger partial charge in [0.2, 0.25) is 5.13 Å². The van der Waals surface area contributed by atoms with Gasteiger partial charge < -0.3 is 15.0 Å². The van der Waals surface area contributed by atoms with Crippen molar-refractivity contribution in [1.29, 1.82) is 0 Å². The van der Waals surface area contributed by atoms with E-state index in [-0.39, 0.29) is 11.9 Å². The van der Waals surface area contributed by atoms with Crippen LogP contribution in [0, 0.1) is 5.92 Å². The molecular weight excluding hydrogens is 418 g/mol. The van der Waals surface area contributed by atoms with Gasteiger partial charge in [0.15, 0.2) is 4.34 Å². The zero-order valence-corrected chi connectivity index (χ0v) is 18.8. The minimum absolute atomic E-state index is 0.0302. The summed E-state index contributed by atoms with van der Waals surface area (Å²) in [6.07, 6.45) is 2.39. The van der Waals surface area contributed by atoms with Crippen LogP contribution in [0.25, 0.3) is 0 Å². The number of carbonyl (C=O) groups excluding carboxylic acids is 1. The van der Waals surface area contributed by atoms with E-state index in [0.717, 1.165) is 40.7 Å². The molecule has 2 aromatic rings. The molecule has 160 valence electrons. The first-order chi connectivity index (χ1) is 14.7. The summed E-state index contributed by atoms with van der Waals surface area (Å²) >= 11 is 3.19. The second-order valence-electron chi connectivity index (χ2n) is 8.19. The Bertz CT molecular complexity index is 874. The summed E-state index contributed by atoms with van der Waals surface area (Å²) in [4.78, 5) is 18.6. The molecule has 1 N–H and O–H groups in total. The molecule has 2 atom stereocenters. The van der Waals surface area contributed by atoms with Crippen molar-refractivity contribution in [3.63, 3.8) is 0 Å². The van der Waals surface area contributed by atoms with Crippen LogP contribution in [0.15, 0.2) is 33.5 Å². The Morgan fingerprint density at radius 2 is 1.87 bits per heavy atom. The van der Waals surface area contributed by atoms with Gasteiger partial charge in [0.05, 0.1) is 13.2 Å². The number of carbonyl (C=O) groups is 1. The third-order valence-corrected chi connectivity index (χ3v) is 8.52. The van der Waals surface area contributed by atoms with Crippen LogP contribution in [-0.2, 0) is 4.74 Å². The van der Waals surface area contributed by atoms with Crippen molar-refractivity contribution >= 4 is 34.1 Å². The molecule has 0 unspecified atom stereocenters. The van der Waals surface area contributed by atoms with Gasteiger partial charge in [0, 0.05) is 35.6 Å². The largest absolute Gasteiger partial charge is 0.378 e. The molecule has 4 aliphatic rings. The van der Waals surface area contributed by atoms with Crippen molar-refractivity contribution < 1.29 is 9.53 Å². The maximum Gasteiger partial charge on any atom is 0.251 e. The summed E-state index contributed by atoms with van der Waals surface area (Å²) in [5.74, 6) is 0.643. The minimum Gasteiger partial charge on any atom is -0.378 e. The lowest BCUT2D eigenvalue weighted by atomic mass is 9.79. The predicted octanol–water partition coefficient (Wildman–Crippen LogP) is 2.74. The minimum atomic E-state index is 0.0302. The van der Waals surface area contributed by atoms with Gasteiger partial charge >= 0.3 is 0 Å². The fraction of sp³-hybridized carbons (Fsp3) is 0.571. The van der Waals surface area contributed by atoms with E-state index in [4.69, 9.17) is 4.74 Å². The highest BCUT2D eigenvalue weighted by atomic mass is 32.2. The topological polar surface area (TPSA) is 70.6 Å². The molecular formula is C21H27N5O2S2. The molecule has 0 aliphatic carbocycles. The highest BCUT2D eigenvalue weighted by Gasteiger charge is 2.40. The normalized spacial score (nSPS) is 28.5. The number of hydrogen-bond donors (Lipinski definition) is 1. The van der Waals surface area contributed by atoms with E-state index in [1.165, 1.54) is 25.9 Å². The number of nitrogens with one attached hydrogen (secondary N) is 1. The number of aromatic nitrogens is 2. The summed E-state index contributed by atoms with van der Waals surface area (Å²) in [6, 6.07) is 8.50. The fourth-order valence-corrected chi connectivity index (χ4v) is 6.55. The van der Waals surface area contributed by atoms with Crippen molar-refractivity contribution in [1.82, 2.24) is 20.4 Å². The third kappa shape index (κ3) is 4.21. The lowest BCUT2D eigenvalue weighted by Crippen LogP contribution is -2.62. The van der Waals surface area contributed by atoms with Crippen LogP contribution < -0.4 is 10.2 Å². The molecule has 1 aromatic carbocycles. The second-order valence-corrected chi connectivity index (χ2v) is 10.5. The Morgan fingerprint density at radius 3 is 2.57 bits per heavy atom. The van der Waals surface area contributed by atoms with E-state index in [0.29, 0.717) is 17.5 Å². The SMILES string of the molecule is C[C@H]1[C@H](NC(=O)c2ccc(Sc3nnc(N4CCOCC4)s3)cc2)C2CCN1CC2. The third-order valence-electron chi connectivity index (χ3n) is 6.47. The monoisotopic (exact) mass is 445 g/mol. The Labute approximate surface area is 185 Å². The van der Waals surface area contributed by atoms with E-state index in [2.05, 4.69) is 32.2 Å². The van der Waals surface area contributed by atoms with Crippen LogP contribution in [0.3, 0.4) is 0 Å². The first kappa shape index (κ1) is 20.2. The van der Waals surface area contributed by atoms with Gasteiger partial charge in [-0.25, -0.2) is 0 Å². The van der Waals surface area contributed by atoms with Crippen LogP contribution in [-0.4, -0.2) is 72.5 Å². The molecule has 1 aromatic heterocycles. The van der Waals surface area contributed by atoms with Crippen molar-refractivity contribution in [2.45, 2.75) is 41.1 Å². The smallest absolute Gasteiger partial charge is 0.251 e. The van der Waals surface area contributed by atoms with E-state index >= 15 is 0 Å². The summed E-state index contributed by atoms with van der Waals surface area (Å²) in [6.45, 7) is 7.78. The molecule has 0 radical (unpaired) electrons. The Morgan fingerprint density at radius 1 is 1.13 bits per heavy atom. The number of benzene rings is 1. The van der Waals surface area contributed by atoms with Gasteiger partial charge in [-0.2, -0.15) is 0 Å². The summed E-state index contributed by atoms with van der Waals surface area (Å²) in [5.41, 5.74) is 0.717. The van der Waals surface area contributed by atoms with Crippen LogP contribution >= 0.6 is 23.1 Å². The Kier molecular flexibility index (Phi) is 5.95. The second kappa shape index (κ2) is 8.82. The Balaban J connectivity index is 1.19. The number of ether oxygens (including phenoxy) is 1. The lowest BCUT2D eigenvalue weighted by Gasteiger charge is -2.49. The van der Waals surface area contributed by atoms with Gasteiger partial charge in [-0.1, -0.05) is 23.1 Å². The van der Waals surface area contributed by atoms with Crippen LogP contribution in [0.2, 0.25) is 0 Å². The zero-order valence-electron chi connectivity index (χ0n) is 17.1. The van der Waals surface area contributed by atoms with Crippen molar-refractivity contribution in [3.8, 4) is 0 Å². The van der Waals surface area contributed by atoms with Crippen molar-refractivity contribution in [3.05, 3.63) is 29.8 Å². The number of morpholine rings is 1. The van der Waals surface area contributed by atoms with Gasteiger partial charge in [-0.15, -0.1) is 10.2 Å². The van der Waals surface area contributed by atoms with Crippen molar-refractivity contribution in [2.75, 3.05) is 44.3 Å². The van der Waals surface area contributed by atoms with Crippen LogP contribution in [0.1, 0.15) is 30.1 Å². The van der Waals surface area contributed by atoms with Crippen molar-refractivity contribution in [2.24, 2.45) is 5.92 Å². The molecule has 0 spiro atoms. The molecule has 4 fully saturated rings. The van der Waals surface area contributed by atoms with E-state index in [1.54, 1.807) is 23.1 Å². The summed E-state index contributed by atoms with van der Waals surface area (Å²) < 4.78 is 6.31. The predicted molar refractivity (Wildman–Crippen MR) is 119 cm³/mol. The number of anilines is 1. The summed E-state index contributed by atoms with van der Waals surface area (Å²) in [7, 11) is 0. The molecule has 6 rings (SSSR count). The van der Waals surface area contributed by atoms with Gasteiger partial charge in [-0.3, -0.25) is 9.69 Å². The number of nitrogens with zero attached hydrogens (tertiary/aromatic N) is 4. The van der Waals surface area contributed by atoms with Gasteiger partial charge in [-0.05, 0) is 63.0 Å². The Hall–Kier alpha value is -1.68. The van der Waals surface area contributed by atoms with Gasteiger partial charge in [0.1, 0.15) is 0 Å². The maximum absolute atomic E-state index is 12.8. The fourth-order valence-electron chi connectivity index (χ4n) is 4.68. The lowest BCUT2D eigenvalue weighted by molar-refractivity contribution is 0.0217. The quantitative estimate of drug-likeness (QED) is 0.759. The molecule has 5 heterocycles. The molecule has 4 aliphatic heterocycles. The maximum atomic E-state index is 12.8. The number of amides is 1. The van der Waals surface area contributed by atoms with E-state index in [1.807, 2.05) is 24.3 Å². The first-order valence-electron chi connectivity index (χ1n) is 10.7. The highest BCUT2D eigenvalue weighted by molar-refractivity contribution is 8.01. The molecule has 9 heteroatoms. The number of piperidine rings is 3. The van der Waals surface area contributed by atoms with Gasteiger partial charge in [0.25, 0.3) is 5.91 Å². The molecule has 2 bridgehead atoms. The summed E-state index contributed by atoms with van der Waals surface area (Å²) in [5, 5.41) is 12.9. The van der Waals surface area contributed by atoms with Crippen LogP contribution in [0.5, 0.6) is 0 Å². The van der Waals surface area contributed by atoms with E-state index in [9.17, 15) is 4.79 Å². The molecule has 0 saturated carbocycles. The average molecular weight is 446 g/mol. The number of hydrogen-bond acceptors (Lipinski definition) is 8. The number of rotatable bonds is 5. The molecule has 4 saturated heterocycles. The molecule has 30 heavy (non-hydrogen) atoms. The highest BCUT2D eigenvalue weighted by Crippen LogP contribution is 2.34. The molecule has 7 nitrogen and oxygen atoms in total. The molecule has 1 amide bonds. The van der Waals surface area contributed by atoms with E-state index < -0.39 is 0 Å². The first-order valence-corrected chi connectivity index (χ1v) is 12.3. The van der Waals surface area contributed by atoms with Crippen LogP contribution in [0.4, 0.5) is 5.13 Å². The standard InChI is InChI=1S/C21H27N5O2S2/c1-14-18(15-6-8-25(14)9-7-15)22-19(27)16-2-4-17(5-3-16)29-21-24-23-20(30-21)26-10-12-28-13-11-26/h2-5,14-15,18H,6-13H2,1H3,(H,22,27)/t14-,18-/m0/s1. The average Bonchev–Trinajstić information content (AvgIpc) is 3.26. The zero-order chi connectivity index (χ0) is 20.5.